The number of hydrogen-bond acceptors (Lipinski definition) is 4. The van der Waals surface area contributed by atoms with Gasteiger partial charge < -0.3 is 10.6 Å². The topological polar surface area (TPSA) is 42.2 Å². The van der Waals surface area contributed by atoms with Gasteiger partial charge in [0.25, 0.3) is 0 Å². The fourth-order valence-electron chi connectivity index (χ4n) is 3.05. The first kappa shape index (κ1) is 15.5. The summed E-state index contributed by atoms with van der Waals surface area (Å²) in [6.45, 7) is 8.24. The summed E-state index contributed by atoms with van der Waals surface area (Å²) in [6.07, 6.45) is 2.66. The van der Waals surface area contributed by atoms with E-state index in [1.165, 1.54) is 30.9 Å². The summed E-state index contributed by atoms with van der Waals surface area (Å²) in [5.41, 5.74) is 8.82. The molecule has 0 bridgehead atoms. The number of nitrogens with zero attached hydrogens (tertiary/aromatic N) is 2. The van der Waals surface area contributed by atoms with Gasteiger partial charge in [0.2, 0.25) is 0 Å². The van der Waals surface area contributed by atoms with E-state index in [0.717, 1.165) is 29.4 Å². The van der Waals surface area contributed by atoms with Gasteiger partial charge in [-0.25, -0.2) is 4.98 Å². The molecule has 4 heteroatoms. The fourth-order valence-corrected chi connectivity index (χ4v) is 3.93. The lowest BCUT2D eigenvalue weighted by Gasteiger charge is -2.31. The van der Waals surface area contributed by atoms with E-state index in [-0.39, 0.29) is 0 Å². The SMILES string of the molecule is CC1CCN(CC(C)c2nc(-c3cccc(N)c3)cs2)CC1. The summed E-state index contributed by atoms with van der Waals surface area (Å²) in [5.74, 6) is 1.38. The number of rotatable bonds is 4. The Hall–Kier alpha value is -1.39. The molecule has 3 rings (SSSR count). The minimum absolute atomic E-state index is 0.494. The Morgan fingerprint density at radius 3 is 2.86 bits per heavy atom. The van der Waals surface area contributed by atoms with Crippen molar-refractivity contribution in [2.24, 2.45) is 5.92 Å². The van der Waals surface area contributed by atoms with E-state index in [1.54, 1.807) is 11.3 Å². The highest BCUT2D eigenvalue weighted by molar-refractivity contribution is 7.10. The number of aromatic nitrogens is 1. The number of nitrogen functional groups attached to an aromatic ring is 1. The monoisotopic (exact) mass is 315 g/mol. The first-order valence-electron chi connectivity index (χ1n) is 8.15. The predicted octanol–water partition coefficient (Wildman–Crippen LogP) is 4.23. The lowest BCUT2D eigenvalue weighted by Crippen LogP contribution is -2.35. The summed E-state index contributed by atoms with van der Waals surface area (Å²) in [6, 6.07) is 7.97. The Morgan fingerprint density at radius 1 is 1.36 bits per heavy atom. The number of hydrogen-bond donors (Lipinski definition) is 1. The molecule has 22 heavy (non-hydrogen) atoms. The van der Waals surface area contributed by atoms with Crippen molar-refractivity contribution in [1.82, 2.24) is 9.88 Å². The van der Waals surface area contributed by atoms with Crippen LogP contribution in [0.1, 0.15) is 37.6 Å². The molecule has 0 saturated carbocycles. The van der Waals surface area contributed by atoms with Crippen LogP contribution in [0.2, 0.25) is 0 Å². The van der Waals surface area contributed by atoms with Gasteiger partial charge in [-0.15, -0.1) is 11.3 Å². The van der Waals surface area contributed by atoms with Crippen molar-refractivity contribution in [3.8, 4) is 11.3 Å². The predicted molar refractivity (Wildman–Crippen MR) is 95.2 cm³/mol. The molecule has 1 aliphatic heterocycles. The van der Waals surface area contributed by atoms with Gasteiger partial charge in [-0.3, -0.25) is 0 Å². The summed E-state index contributed by atoms with van der Waals surface area (Å²) < 4.78 is 0. The highest BCUT2D eigenvalue weighted by Gasteiger charge is 2.20. The van der Waals surface area contributed by atoms with E-state index in [4.69, 9.17) is 10.7 Å². The van der Waals surface area contributed by atoms with Gasteiger partial charge in [0.1, 0.15) is 0 Å². The standard InChI is InChI=1S/C18H25N3S/c1-13-6-8-21(9-7-13)11-14(2)18-20-17(12-22-18)15-4-3-5-16(19)10-15/h3-5,10,12-14H,6-9,11,19H2,1-2H3. The number of thiazole rings is 1. The lowest BCUT2D eigenvalue weighted by atomic mass is 9.98. The molecular formula is C18H25N3S. The number of piperidine rings is 1. The van der Waals surface area contributed by atoms with E-state index < -0.39 is 0 Å². The second-order valence-electron chi connectivity index (χ2n) is 6.58. The van der Waals surface area contributed by atoms with E-state index in [0.29, 0.717) is 5.92 Å². The largest absolute Gasteiger partial charge is 0.399 e. The summed E-state index contributed by atoms with van der Waals surface area (Å²) in [5, 5.41) is 3.38. The Morgan fingerprint density at radius 2 is 2.14 bits per heavy atom. The Kier molecular flexibility index (Phi) is 4.79. The van der Waals surface area contributed by atoms with Gasteiger partial charge in [-0.05, 0) is 44.0 Å². The molecule has 1 atom stereocenters. The number of anilines is 1. The Labute approximate surface area is 137 Å². The Balaban J connectivity index is 1.65. The molecule has 1 aromatic heterocycles. The molecule has 1 unspecified atom stereocenters. The van der Waals surface area contributed by atoms with Crippen LogP contribution in [-0.4, -0.2) is 29.5 Å². The lowest BCUT2D eigenvalue weighted by molar-refractivity contribution is 0.185. The quantitative estimate of drug-likeness (QED) is 0.859. The maximum Gasteiger partial charge on any atom is 0.0973 e. The number of nitrogens with two attached hydrogens (primary N) is 1. The maximum absolute atomic E-state index is 5.87. The van der Waals surface area contributed by atoms with Gasteiger partial charge in [-0.1, -0.05) is 26.0 Å². The van der Waals surface area contributed by atoms with Crippen LogP contribution in [0.25, 0.3) is 11.3 Å². The van der Waals surface area contributed by atoms with Gasteiger partial charge in [-0.2, -0.15) is 0 Å². The van der Waals surface area contributed by atoms with E-state index >= 15 is 0 Å². The minimum atomic E-state index is 0.494. The van der Waals surface area contributed by atoms with Crippen LogP contribution >= 0.6 is 11.3 Å². The van der Waals surface area contributed by atoms with Crippen molar-refractivity contribution >= 4 is 17.0 Å². The Bertz CT molecular complexity index is 614. The third-order valence-corrected chi connectivity index (χ3v) is 5.61. The first-order valence-corrected chi connectivity index (χ1v) is 9.03. The van der Waals surface area contributed by atoms with Crippen LogP contribution in [0, 0.1) is 5.92 Å². The van der Waals surface area contributed by atoms with Crippen LogP contribution in [0.3, 0.4) is 0 Å². The molecule has 2 N–H and O–H groups in total. The molecule has 1 saturated heterocycles. The van der Waals surface area contributed by atoms with Crippen molar-refractivity contribution in [3.63, 3.8) is 0 Å². The van der Waals surface area contributed by atoms with Crippen molar-refractivity contribution in [3.05, 3.63) is 34.7 Å². The van der Waals surface area contributed by atoms with Gasteiger partial charge in [0.15, 0.2) is 0 Å². The second-order valence-corrected chi connectivity index (χ2v) is 7.47. The van der Waals surface area contributed by atoms with E-state index in [9.17, 15) is 0 Å². The molecular weight excluding hydrogens is 290 g/mol. The molecule has 0 radical (unpaired) electrons. The minimum Gasteiger partial charge on any atom is -0.399 e. The summed E-state index contributed by atoms with van der Waals surface area (Å²) in [4.78, 5) is 7.43. The summed E-state index contributed by atoms with van der Waals surface area (Å²) in [7, 11) is 0. The second kappa shape index (κ2) is 6.80. The molecule has 2 aromatic rings. The highest BCUT2D eigenvalue weighted by Crippen LogP contribution is 2.28. The maximum atomic E-state index is 5.87. The molecule has 1 aliphatic rings. The molecule has 0 amide bonds. The average Bonchev–Trinajstić information content (AvgIpc) is 3.00. The molecule has 0 spiro atoms. The molecule has 118 valence electrons. The average molecular weight is 315 g/mol. The fraction of sp³-hybridized carbons (Fsp3) is 0.500. The van der Waals surface area contributed by atoms with Crippen LogP contribution in [0.15, 0.2) is 29.6 Å². The zero-order valence-electron chi connectivity index (χ0n) is 13.5. The molecule has 1 fully saturated rings. The van der Waals surface area contributed by atoms with Crippen LogP contribution in [-0.2, 0) is 0 Å². The molecule has 3 nitrogen and oxygen atoms in total. The van der Waals surface area contributed by atoms with Gasteiger partial charge in [0, 0.05) is 29.1 Å². The van der Waals surface area contributed by atoms with E-state index in [2.05, 4.69) is 30.2 Å². The normalized spacial score (nSPS) is 18.5. The van der Waals surface area contributed by atoms with Crippen LogP contribution < -0.4 is 5.73 Å². The van der Waals surface area contributed by atoms with Crippen molar-refractivity contribution in [1.29, 1.82) is 0 Å². The third-order valence-electron chi connectivity index (χ3n) is 4.53. The van der Waals surface area contributed by atoms with Crippen molar-refractivity contribution in [2.75, 3.05) is 25.4 Å². The number of benzene rings is 1. The third kappa shape index (κ3) is 3.68. The smallest absolute Gasteiger partial charge is 0.0973 e. The van der Waals surface area contributed by atoms with Crippen molar-refractivity contribution < 1.29 is 0 Å². The van der Waals surface area contributed by atoms with Crippen LogP contribution in [0.5, 0.6) is 0 Å². The highest BCUT2D eigenvalue weighted by atomic mass is 32.1. The van der Waals surface area contributed by atoms with Gasteiger partial charge in [0.05, 0.1) is 10.7 Å². The number of likely N-dealkylation sites (tertiary alicyclic amines) is 1. The van der Waals surface area contributed by atoms with Crippen molar-refractivity contribution in [2.45, 2.75) is 32.6 Å². The summed E-state index contributed by atoms with van der Waals surface area (Å²) >= 11 is 1.77. The first-order chi connectivity index (χ1) is 10.6. The van der Waals surface area contributed by atoms with Crippen LogP contribution in [0.4, 0.5) is 5.69 Å². The van der Waals surface area contributed by atoms with Gasteiger partial charge >= 0.3 is 0 Å². The molecule has 2 heterocycles. The van der Waals surface area contributed by atoms with E-state index in [1.807, 2.05) is 18.2 Å². The molecule has 1 aromatic carbocycles. The molecule has 0 aliphatic carbocycles. The zero-order valence-corrected chi connectivity index (χ0v) is 14.3. The zero-order chi connectivity index (χ0) is 15.5.